The van der Waals surface area contributed by atoms with E-state index in [1.54, 1.807) is 0 Å². The molecule has 0 radical (unpaired) electrons. The van der Waals surface area contributed by atoms with E-state index < -0.39 is 17.9 Å². The van der Waals surface area contributed by atoms with Crippen LogP contribution in [0.15, 0.2) is 0 Å². The minimum absolute atomic E-state index is 0.204. The zero-order valence-electron chi connectivity index (χ0n) is 13.6. The van der Waals surface area contributed by atoms with Gasteiger partial charge in [-0.1, -0.05) is 77.6 Å². The standard InChI is InChI=1S/C16H30O6/c1-2-3-4-5-6-7-8-9-10-11-12-13-14(15(17)21-19)16(18)22-20/h14,19-20H,2-13H2,1H3. The molecule has 0 atom stereocenters. The molecule has 0 aromatic rings. The molecule has 0 aliphatic carbocycles. The zero-order chi connectivity index (χ0) is 16.6. The van der Waals surface area contributed by atoms with E-state index >= 15 is 0 Å². The molecule has 0 unspecified atom stereocenters. The van der Waals surface area contributed by atoms with Crippen LogP contribution in [0.1, 0.15) is 84.0 Å². The topological polar surface area (TPSA) is 93.1 Å². The van der Waals surface area contributed by atoms with Crippen molar-refractivity contribution in [2.24, 2.45) is 5.92 Å². The van der Waals surface area contributed by atoms with Crippen molar-refractivity contribution in [3.63, 3.8) is 0 Å². The second-order valence-corrected chi connectivity index (χ2v) is 5.70. The van der Waals surface area contributed by atoms with Crippen molar-refractivity contribution >= 4 is 11.9 Å². The van der Waals surface area contributed by atoms with Gasteiger partial charge < -0.3 is 9.78 Å². The van der Waals surface area contributed by atoms with E-state index in [9.17, 15) is 9.59 Å². The van der Waals surface area contributed by atoms with E-state index in [0.717, 1.165) is 19.3 Å². The second kappa shape index (κ2) is 14.8. The van der Waals surface area contributed by atoms with Gasteiger partial charge in [-0.05, 0) is 6.42 Å². The molecule has 0 heterocycles. The van der Waals surface area contributed by atoms with Gasteiger partial charge in [0.05, 0.1) is 0 Å². The van der Waals surface area contributed by atoms with Crippen LogP contribution in [0, 0.1) is 5.92 Å². The SMILES string of the molecule is CCCCCCCCCCCCCC(C(=O)OO)C(=O)OO. The van der Waals surface area contributed by atoms with Crippen LogP contribution in [-0.2, 0) is 19.4 Å². The molecule has 0 aromatic carbocycles. The molecule has 130 valence electrons. The smallest absolute Gasteiger partial charge is 0.300 e. The number of carbonyl (C=O) groups excluding carboxylic acids is 2. The minimum atomic E-state index is -1.26. The highest BCUT2D eigenvalue weighted by Gasteiger charge is 2.30. The average Bonchev–Trinajstić information content (AvgIpc) is 2.54. The summed E-state index contributed by atoms with van der Waals surface area (Å²) >= 11 is 0. The first kappa shape index (κ1) is 20.9. The van der Waals surface area contributed by atoms with Crippen LogP contribution >= 0.6 is 0 Å². The molecular weight excluding hydrogens is 288 g/mol. The zero-order valence-corrected chi connectivity index (χ0v) is 13.6. The van der Waals surface area contributed by atoms with E-state index in [1.165, 1.54) is 44.9 Å². The highest BCUT2D eigenvalue weighted by Crippen LogP contribution is 2.16. The first-order valence-corrected chi connectivity index (χ1v) is 8.37. The van der Waals surface area contributed by atoms with Crippen molar-refractivity contribution in [2.75, 3.05) is 0 Å². The predicted molar refractivity (Wildman–Crippen MR) is 82.0 cm³/mol. The Morgan fingerprint density at radius 1 is 0.727 bits per heavy atom. The third kappa shape index (κ3) is 10.6. The van der Waals surface area contributed by atoms with Crippen LogP contribution in [0.3, 0.4) is 0 Å². The summed E-state index contributed by atoms with van der Waals surface area (Å²) in [6.45, 7) is 2.21. The van der Waals surface area contributed by atoms with E-state index in [4.69, 9.17) is 10.5 Å². The van der Waals surface area contributed by atoms with Crippen molar-refractivity contribution < 1.29 is 29.9 Å². The maximum absolute atomic E-state index is 11.1. The number of hydrogen-bond donors (Lipinski definition) is 2. The lowest BCUT2D eigenvalue weighted by Gasteiger charge is -2.09. The van der Waals surface area contributed by atoms with E-state index in [-0.39, 0.29) is 6.42 Å². The summed E-state index contributed by atoms with van der Waals surface area (Å²) in [6.07, 6.45) is 13.0. The monoisotopic (exact) mass is 318 g/mol. The predicted octanol–water partition coefficient (Wildman–Crippen LogP) is 4.34. The molecule has 0 saturated carbocycles. The lowest BCUT2D eigenvalue weighted by atomic mass is 10.00. The average molecular weight is 318 g/mol. The van der Waals surface area contributed by atoms with Gasteiger partial charge in [-0.2, -0.15) is 10.5 Å². The first-order valence-electron chi connectivity index (χ1n) is 8.37. The normalized spacial score (nSPS) is 10.7. The molecule has 0 rings (SSSR count). The summed E-state index contributed by atoms with van der Waals surface area (Å²) in [7, 11) is 0. The fraction of sp³-hybridized carbons (Fsp3) is 0.875. The number of unbranched alkanes of at least 4 members (excludes halogenated alkanes) is 10. The van der Waals surface area contributed by atoms with Crippen LogP contribution in [0.5, 0.6) is 0 Å². The quantitative estimate of drug-likeness (QED) is 0.214. The maximum Gasteiger partial charge on any atom is 0.356 e. The third-order valence-electron chi connectivity index (χ3n) is 3.85. The summed E-state index contributed by atoms with van der Waals surface area (Å²) in [5.74, 6) is -3.44. The molecule has 0 saturated heterocycles. The van der Waals surface area contributed by atoms with Gasteiger partial charge in [0.25, 0.3) is 0 Å². The van der Waals surface area contributed by atoms with E-state index in [1.807, 2.05) is 0 Å². The highest BCUT2D eigenvalue weighted by atomic mass is 17.1. The second-order valence-electron chi connectivity index (χ2n) is 5.70. The molecule has 2 N–H and O–H groups in total. The van der Waals surface area contributed by atoms with Crippen LogP contribution < -0.4 is 0 Å². The Kier molecular flexibility index (Phi) is 14.0. The lowest BCUT2D eigenvalue weighted by Crippen LogP contribution is -2.26. The molecule has 22 heavy (non-hydrogen) atoms. The molecule has 0 amide bonds. The molecular formula is C16H30O6. The van der Waals surface area contributed by atoms with E-state index in [2.05, 4.69) is 16.7 Å². The molecule has 6 heteroatoms. The van der Waals surface area contributed by atoms with Crippen LogP contribution in [-0.4, -0.2) is 22.5 Å². The summed E-state index contributed by atoms with van der Waals surface area (Å²) in [5, 5.41) is 16.6. The molecule has 0 fully saturated rings. The van der Waals surface area contributed by atoms with Gasteiger partial charge >= 0.3 is 11.9 Å². The van der Waals surface area contributed by atoms with Crippen molar-refractivity contribution in [3.05, 3.63) is 0 Å². The lowest BCUT2D eigenvalue weighted by molar-refractivity contribution is -0.255. The fourth-order valence-corrected chi connectivity index (χ4v) is 2.47. The Labute approximate surface area is 132 Å². The number of carbonyl (C=O) groups is 2. The van der Waals surface area contributed by atoms with Crippen molar-refractivity contribution in [3.8, 4) is 0 Å². The van der Waals surface area contributed by atoms with Crippen molar-refractivity contribution in [1.29, 1.82) is 0 Å². The third-order valence-corrected chi connectivity index (χ3v) is 3.85. The molecule has 0 aliphatic heterocycles. The Balaban J connectivity index is 3.54. The Hall–Kier alpha value is -1.14. The maximum atomic E-state index is 11.1. The van der Waals surface area contributed by atoms with Gasteiger partial charge in [-0.15, -0.1) is 0 Å². The molecule has 0 bridgehead atoms. The number of rotatable bonds is 14. The summed E-state index contributed by atoms with van der Waals surface area (Å²) < 4.78 is 0. The summed E-state index contributed by atoms with van der Waals surface area (Å²) in [6, 6.07) is 0. The molecule has 0 aromatic heterocycles. The minimum Gasteiger partial charge on any atom is -0.300 e. The summed E-state index contributed by atoms with van der Waals surface area (Å²) in [5.41, 5.74) is 0. The van der Waals surface area contributed by atoms with Gasteiger partial charge in [-0.3, -0.25) is 0 Å². The van der Waals surface area contributed by atoms with Gasteiger partial charge in [-0.25, -0.2) is 9.59 Å². The number of hydrogen-bond acceptors (Lipinski definition) is 6. The van der Waals surface area contributed by atoms with E-state index in [0.29, 0.717) is 6.42 Å². The molecule has 0 spiro atoms. The van der Waals surface area contributed by atoms with Crippen LogP contribution in [0.4, 0.5) is 0 Å². The van der Waals surface area contributed by atoms with Crippen molar-refractivity contribution in [2.45, 2.75) is 84.0 Å². The van der Waals surface area contributed by atoms with Gasteiger partial charge in [0.15, 0.2) is 5.92 Å². The summed E-state index contributed by atoms with van der Waals surface area (Å²) in [4.78, 5) is 29.4. The fourth-order valence-electron chi connectivity index (χ4n) is 2.47. The van der Waals surface area contributed by atoms with Crippen LogP contribution in [0.2, 0.25) is 0 Å². The Bertz CT molecular complexity index is 276. The van der Waals surface area contributed by atoms with Gasteiger partial charge in [0, 0.05) is 0 Å². The van der Waals surface area contributed by atoms with Crippen molar-refractivity contribution in [1.82, 2.24) is 0 Å². The highest BCUT2D eigenvalue weighted by molar-refractivity contribution is 5.94. The molecule has 6 nitrogen and oxygen atoms in total. The molecule has 0 aliphatic rings. The Morgan fingerprint density at radius 3 is 1.45 bits per heavy atom. The van der Waals surface area contributed by atoms with Gasteiger partial charge in [0.2, 0.25) is 0 Å². The first-order chi connectivity index (χ1) is 10.7. The Morgan fingerprint density at radius 2 is 1.09 bits per heavy atom. The van der Waals surface area contributed by atoms with Crippen LogP contribution in [0.25, 0.3) is 0 Å². The largest absolute Gasteiger partial charge is 0.356 e. The van der Waals surface area contributed by atoms with Gasteiger partial charge in [0.1, 0.15) is 0 Å².